The molecule has 1 aromatic rings. The van der Waals surface area contributed by atoms with Crippen molar-refractivity contribution in [2.45, 2.75) is 27.7 Å². The molecule has 1 unspecified atom stereocenters. The van der Waals surface area contributed by atoms with Gasteiger partial charge >= 0.3 is 5.97 Å². The third kappa shape index (κ3) is 3.88. The van der Waals surface area contributed by atoms with E-state index in [1.54, 1.807) is 0 Å². The molecule has 1 atom stereocenters. The smallest absolute Gasteiger partial charge is 0.337 e. The molecule has 5 heteroatoms. The van der Waals surface area contributed by atoms with E-state index in [4.69, 9.17) is 16.7 Å². The number of anilines is 1. The first-order valence-corrected chi connectivity index (χ1v) is 6.22. The summed E-state index contributed by atoms with van der Waals surface area (Å²) in [4.78, 5) is 15.0. The van der Waals surface area contributed by atoms with Gasteiger partial charge in [0.25, 0.3) is 0 Å². The van der Waals surface area contributed by atoms with Gasteiger partial charge in [0.05, 0.1) is 10.6 Å². The molecular weight excluding hydrogens is 252 g/mol. The molecule has 1 rings (SSSR count). The van der Waals surface area contributed by atoms with Crippen LogP contribution in [0.25, 0.3) is 0 Å². The van der Waals surface area contributed by atoms with Crippen molar-refractivity contribution in [1.82, 2.24) is 4.98 Å². The molecule has 0 saturated heterocycles. The van der Waals surface area contributed by atoms with Crippen molar-refractivity contribution in [3.8, 4) is 0 Å². The second kappa shape index (κ2) is 5.57. The molecule has 0 spiro atoms. The first-order chi connectivity index (χ1) is 8.21. The van der Waals surface area contributed by atoms with E-state index in [9.17, 15) is 4.79 Å². The number of hydrogen-bond donors (Lipinski definition) is 2. The van der Waals surface area contributed by atoms with Gasteiger partial charge in [0.1, 0.15) is 5.82 Å². The molecule has 1 heterocycles. The number of halogens is 1. The Morgan fingerprint density at radius 1 is 1.56 bits per heavy atom. The number of hydrogen-bond acceptors (Lipinski definition) is 3. The summed E-state index contributed by atoms with van der Waals surface area (Å²) in [6, 6.07) is 1.46. The highest BCUT2D eigenvalue weighted by molar-refractivity contribution is 6.33. The fourth-order valence-corrected chi connectivity index (χ4v) is 1.45. The lowest BCUT2D eigenvalue weighted by Crippen LogP contribution is -2.25. The lowest BCUT2D eigenvalue weighted by Gasteiger charge is -2.27. The lowest BCUT2D eigenvalue weighted by molar-refractivity contribution is 0.0697. The summed E-state index contributed by atoms with van der Waals surface area (Å²) in [7, 11) is 0. The molecule has 18 heavy (non-hydrogen) atoms. The van der Waals surface area contributed by atoms with Crippen LogP contribution in [0.4, 0.5) is 5.82 Å². The Labute approximate surface area is 112 Å². The summed E-state index contributed by atoms with van der Waals surface area (Å²) in [5.74, 6) is -0.0783. The second-order valence-electron chi connectivity index (χ2n) is 5.50. The van der Waals surface area contributed by atoms with Crippen LogP contribution in [0.5, 0.6) is 0 Å². The van der Waals surface area contributed by atoms with Gasteiger partial charge in [0, 0.05) is 12.7 Å². The van der Waals surface area contributed by atoms with Crippen LogP contribution in [0.1, 0.15) is 38.1 Å². The highest BCUT2D eigenvalue weighted by Gasteiger charge is 2.20. The summed E-state index contributed by atoms with van der Waals surface area (Å²) in [5.41, 5.74) is 0.257. The summed E-state index contributed by atoms with van der Waals surface area (Å²) in [6.07, 6.45) is 1.36. The van der Waals surface area contributed by atoms with Crippen molar-refractivity contribution < 1.29 is 9.90 Å². The predicted octanol–water partition coefficient (Wildman–Crippen LogP) is 3.53. The van der Waals surface area contributed by atoms with Crippen LogP contribution in [0.2, 0.25) is 5.02 Å². The van der Waals surface area contributed by atoms with Crippen molar-refractivity contribution in [2.24, 2.45) is 11.3 Å². The van der Waals surface area contributed by atoms with E-state index in [-0.39, 0.29) is 16.0 Å². The van der Waals surface area contributed by atoms with E-state index in [0.717, 1.165) is 6.54 Å². The van der Waals surface area contributed by atoms with Gasteiger partial charge in [-0.15, -0.1) is 0 Å². The highest BCUT2D eigenvalue weighted by Crippen LogP contribution is 2.25. The van der Waals surface area contributed by atoms with Gasteiger partial charge in [-0.3, -0.25) is 0 Å². The molecule has 4 nitrogen and oxygen atoms in total. The molecule has 0 aromatic carbocycles. The molecule has 0 amide bonds. The van der Waals surface area contributed by atoms with Crippen LogP contribution in [-0.2, 0) is 0 Å². The van der Waals surface area contributed by atoms with Gasteiger partial charge in [-0.05, 0) is 17.4 Å². The van der Waals surface area contributed by atoms with Gasteiger partial charge in [0.15, 0.2) is 0 Å². The Balaban J connectivity index is 2.75. The highest BCUT2D eigenvalue weighted by atomic mass is 35.5. The maximum Gasteiger partial charge on any atom is 0.337 e. The molecule has 2 N–H and O–H groups in total. The van der Waals surface area contributed by atoms with Crippen LogP contribution in [0.3, 0.4) is 0 Å². The van der Waals surface area contributed by atoms with Crippen LogP contribution in [0.15, 0.2) is 12.3 Å². The van der Waals surface area contributed by atoms with Crippen LogP contribution >= 0.6 is 11.6 Å². The average molecular weight is 271 g/mol. The van der Waals surface area contributed by atoms with Gasteiger partial charge in [-0.2, -0.15) is 0 Å². The number of nitrogens with zero attached hydrogens (tertiary/aromatic N) is 1. The number of carboxylic acid groups (broad SMARTS) is 1. The standard InChI is InChI=1S/C13H19ClN2O2/c1-8(13(2,3)4)6-15-11-5-9(12(17)18)10(14)7-16-11/h5,7-8H,6H2,1-4H3,(H,15,16)(H,17,18). The zero-order valence-corrected chi connectivity index (χ0v) is 11.9. The Hall–Kier alpha value is -1.29. The topological polar surface area (TPSA) is 62.2 Å². The fourth-order valence-electron chi connectivity index (χ4n) is 1.26. The van der Waals surface area contributed by atoms with Crippen LogP contribution in [-0.4, -0.2) is 22.6 Å². The zero-order chi connectivity index (χ0) is 13.9. The molecule has 0 saturated carbocycles. The number of carbonyl (C=O) groups is 1. The molecule has 0 aliphatic carbocycles. The normalized spacial score (nSPS) is 13.2. The molecule has 0 radical (unpaired) electrons. The Kier molecular flexibility index (Phi) is 4.57. The predicted molar refractivity (Wildman–Crippen MR) is 73.3 cm³/mol. The number of rotatable bonds is 4. The van der Waals surface area contributed by atoms with Crippen molar-refractivity contribution >= 4 is 23.4 Å². The van der Waals surface area contributed by atoms with Gasteiger partial charge in [0.2, 0.25) is 0 Å². The van der Waals surface area contributed by atoms with E-state index in [1.807, 2.05) is 0 Å². The molecule has 100 valence electrons. The second-order valence-corrected chi connectivity index (χ2v) is 5.91. The molecule has 1 aromatic heterocycles. The van der Waals surface area contributed by atoms with Crippen molar-refractivity contribution in [3.05, 3.63) is 22.8 Å². The zero-order valence-electron chi connectivity index (χ0n) is 11.1. The van der Waals surface area contributed by atoms with Crippen molar-refractivity contribution in [3.63, 3.8) is 0 Å². The molecular formula is C13H19ClN2O2. The van der Waals surface area contributed by atoms with Crippen LogP contribution in [0, 0.1) is 11.3 Å². The van der Waals surface area contributed by atoms with E-state index in [2.05, 4.69) is 38.0 Å². The van der Waals surface area contributed by atoms with Crippen molar-refractivity contribution in [2.75, 3.05) is 11.9 Å². The third-order valence-corrected chi connectivity index (χ3v) is 3.45. The average Bonchev–Trinajstić information content (AvgIpc) is 2.25. The number of aromatic nitrogens is 1. The third-order valence-electron chi connectivity index (χ3n) is 3.15. The largest absolute Gasteiger partial charge is 0.478 e. The number of carboxylic acids is 1. The minimum atomic E-state index is -1.05. The maximum absolute atomic E-state index is 10.9. The summed E-state index contributed by atoms with van der Waals surface area (Å²) in [6.45, 7) is 9.37. The molecule has 0 bridgehead atoms. The SMILES string of the molecule is CC(CNc1cc(C(=O)O)c(Cl)cn1)C(C)(C)C. The van der Waals surface area contributed by atoms with Gasteiger partial charge < -0.3 is 10.4 Å². The van der Waals surface area contributed by atoms with E-state index in [0.29, 0.717) is 11.7 Å². The molecule has 0 fully saturated rings. The van der Waals surface area contributed by atoms with E-state index in [1.165, 1.54) is 12.3 Å². The first kappa shape index (κ1) is 14.8. The summed E-state index contributed by atoms with van der Waals surface area (Å²) in [5, 5.41) is 12.2. The Morgan fingerprint density at radius 2 is 2.17 bits per heavy atom. The van der Waals surface area contributed by atoms with E-state index < -0.39 is 5.97 Å². The molecule has 0 aliphatic rings. The van der Waals surface area contributed by atoms with Crippen molar-refractivity contribution in [1.29, 1.82) is 0 Å². The quantitative estimate of drug-likeness (QED) is 0.879. The summed E-state index contributed by atoms with van der Waals surface area (Å²) >= 11 is 5.76. The van der Waals surface area contributed by atoms with Crippen LogP contribution < -0.4 is 5.32 Å². The lowest BCUT2D eigenvalue weighted by atomic mass is 9.82. The van der Waals surface area contributed by atoms with E-state index >= 15 is 0 Å². The minimum Gasteiger partial charge on any atom is -0.478 e. The molecule has 0 aliphatic heterocycles. The number of nitrogens with one attached hydrogen (secondary N) is 1. The maximum atomic E-state index is 10.9. The first-order valence-electron chi connectivity index (χ1n) is 5.84. The van der Waals surface area contributed by atoms with Gasteiger partial charge in [-0.25, -0.2) is 9.78 Å². The Morgan fingerprint density at radius 3 is 2.67 bits per heavy atom. The Bertz CT molecular complexity index is 441. The fraction of sp³-hybridized carbons (Fsp3) is 0.538. The van der Waals surface area contributed by atoms with Gasteiger partial charge in [-0.1, -0.05) is 39.3 Å². The summed E-state index contributed by atoms with van der Waals surface area (Å²) < 4.78 is 0. The minimum absolute atomic E-state index is 0.0672. The number of aromatic carboxylic acids is 1. The monoisotopic (exact) mass is 270 g/mol. The number of pyridine rings is 1.